The molecule has 0 atom stereocenters. The first-order chi connectivity index (χ1) is 13.0. The number of carbonyl (C=O) groups is 1. The summed E-state index contributed by atoms with van der Waals surface area (Å²) in [5.41, 5.74) is 4.54. The van der Waals surface area contributed by atoms with Crippen molar-refractivity contribution < 1.29 is 9.90 Å². The summed E-state index contributed by atoms with van der Waals surface area (Å²) in [6, 6.07) is 8.00. The Morgan fingerprint density at radius 3 is 2.81 bits per heavy atom. The highest BCUT2D eigenvalue weighted by molar-refractivity contribution is 8.00. The molecule has 1 N–H and O–H groups in total. The molecule has 1 aromatic carbocycles. The van der Waals surface area contributed by atoms with Gasteiger partial charge in [-0.25, -0.2) is 0 Å². The summed E-state index contributed by atoms with van der Waals surface area (Å²) in [4.78, 5) is 16.4. The van der Waals surface area contributed by atoms with Crippen molar-refractivity contribution in [2.75, 3.05) is 0 Å². The number of rotatable bonds is 6. The zero-order chi connectivity index (χ0) is 19.4. The van der Waals surface area contributed by atoms with E-state index in [9.17, 15) is 10.1 Å². The normalized spacial score (nSPS) is 18.7. The molecule has 4 nitrogen and oxygen atoms in total. The van der Waals surface area contributed by atoms with Crippen molar-refractivity contribution in [2.24, 2.45) is 5.92 Å². The van der Waals surface area contributed by atoms with Gasteiger partial charge in [-0.1, -0.05) is 30.9 Å². The van der Waals surface area contributed by atoms with Crippen LogP contribution in [-0.2, 0) is 4.79 Å². The first kappa shape index (κ1) is 18.9. The van der Waals surface area contributed by atoms with Gasteiger partial charge in [0, 0.05) is 28.1 Å². The number of nitriles is 1. The molecule has 5 heteroatoms. The Hall–Kier alpha value is -2.84. The highest BCUT2D eigenvalue weighted by Crippen LogP contribution is 2.44. The van der Waals surface area contributed by atoms with Crippen LogP contribution in [0, 0.1) is 24.2 Å². The van der Waals surface area contributed by atoms with Gasteiger partial charge in [-0.2, -0.15) is 5.26 Å². The molecule has 27 heavy (non-hydrogen) atoms. The second-order valence-electron chi connectivity index (χ2n) is 6.52. The largest absolute Gasteiger partial charge is 0.481 e. The molecule has 0 saturated heterocycles. The smallest absolute Gasteiger partial charge is 0.306 e. The van der Waals surface area contributed by atoms with Crippen molar-refractivity contribution >= 4 is 23.8 Å². The van der Waals surface area contributed by atoms with E-state index in [1.807, 2.05) is 43.5 Å². The third-order valence-electron chi connectivity index (χ3n) is 4.84. The molecule has 136 valence electrons. The van der Waals surface area contributed by atoms with Crippen LogP contribution < -0.4 is 0 Å². The number of aromatic nitrogens is 1. The SMILES string of the molecule is C=C/C=C\c1c(-c2cnccc2SC2CC(C(=O)O)C2)ccc(C#N)c1C. The maximum absolute atomic E-state index is 11.0. The van der Waals surface area contributed by atoms with Crippen LogP contribution in [0.3, 0.4) is 0 Å². The Kier molecular flexibility index (Phi) is 5.78. The molecule has 0 bridgehead atoms. The highest BCUT2D eigenvalue weighted by atomic mass is 32.2. The summed E-state index contributed by atoms with van der Waals surface area (Å²) >= 11 is 1.71. The molecule has 3 rings (SSSR count). The van der Waals surface area contributed by atoms with Crippen LogP contribution in [-0.4, -0.2) is 21.3 Å². The van der Waals surface area contributed by atoms with Gasteiger partial charge in [-0.3, -0.25) is 9.78 Å². The summed E-state index contributed by atoms with van der Waals surface area (Å²) in [5.74, 6) is -0.933. The molecule has 2 aromatic rings. The number of thioether (sulfide) groups is 1. The fourth-order valence-corrected chi connectivity index (χ4v) is 4.64. The number of carboxylic acid groups (broad SMARTS) is 1. The lowest BCUT2D eigenvalue weighted by Gasteiger charge is -2.32. The lowest BCUT2D eigenvalue weighted by atomic mass is 9.85. The summed E-state index contributed by atoms with van der Waals surface area (Å²) in [7, 11) is 0. The van der Waals surface area contributed by atoms with Crippen LogP contribution in [0.5, 0.6) is 0 Å². The molecule has 0 amide bonds. The Labute approximate surface area is 163 Å². The first-order valence-corrected chi connectivity index (χ1v) is 9.59. The van der Waals surface area contributed by atoms with Crippen LogP contribution >= 0.6 is 11.8 Å². The zero-order valence-electron chi connectivity index (χ0n) is 15.1. The molecule has 1 aliphatic rings. The van der Waals surface area contributed by atoms with E-state index >= 15 is 0 Å². The van der Waals surface area contributed by atoms with Gasteiger partial charge in [0.1, 0.15) is 0 Å². The number of hydrogen-bond donors (Lipinski definition) is 1. The van der Waals surface area contributed by atoms with Crippen LogP contribution in [0.15, 0.2) is 54.2 Å². The van der Waals surface area contributed by atoms with E-state index in [-0.39, 0.29) is 5.92 Å². The number of carboxylic acids is 1. The molecular weight excluding hydrogens is 356 g/mol. The maximum atomic E-state index is 11.0. The van der Waals surface area contributed by atoms with E-state index in [0.29, 0.717) is 23.7 Å². The summed E-state index contributed by atoms with van der Waals surface area (Å²) in [5, 5.41) is 18.7. The molecule has 0 unspecified atom stereocenters. The number of aliphatic carboxylic acids is 1. The van der Waals surface area contributed by atoms with Gasteiger partial charge in [0.2, 0.25) is 0 Å². The van der Waals surface area contributed by atoms with Gasteiger partial charge in [-0.05, 0) is 48.6 Å². The van der Waals surface area contributed by atoms with Crippen molar-refractivity contribution in [1.82, 2.24) is 4.98 Å². The van der Waals surface area contributed by atoms with E-state index in [1.165, 1.54) is 0 Å². The first-order valence-electron chi connectivity index (χ1n) is 8.71. The maximum Gasteiger partial charge on any atom is 0.306 e. The van der Waals surface area contributed by atoms with Crippen LogP contribution in [0.1, 0.15) is 29.5 Å². The Bertz CT molecular complexity index is 953. The quantitative estimate of drug-likeness (QED) is 0.711. The molecule has 1 fully saturated rings. The topological polar surface area (TPSA) is 74.0 Å². The summed E-state index contributed by atoms with van der Waals surface area (Å²) in [6.07, 6.45) is 10.5. The lowest BCUT2D eigenvalue weighted by molar-refractivity contribution is -0.144. The van der Waals surface area contributed by atoms with E-state index in [1.54, 1.807) is 24.0 Å². The molecule has 1 aliphatic carbocycles. The molecular formula is C22H20N2O2S. The number of pyridine rings is 1. The fourth-order valence-electron chi connectivity index (χ4n) is 3.19. The van der Waals surface area contributed by atoms with E-state index < -0.39 is 5.97 Å². The van der Waals surface area contributed by atoms with Crippen LogP contribution in [0.2, 0.25) is 0 Å². The summed E-state index contributed by atoms with van der Waals surface area (Å²) in [6.45, 7) is 5.67. The van der Waals surface area contributed by atoms with Crippen LogP contribution in [0.25, 0.3) is 17.2 Å². The molecule has 0 radical (unpaired) electrons. The van der Waals surface area contributed by atoms with E-state index in [2.05, 4.69) is 17.6 Å². The van der Waals surface area contributed by atoms with Crippen molar-refractivity contribution in [2.45, 2.75) is 29.9 Å². The zero-order valence-corrected chi connectivity index (χ0v) is 15.9. The second kappa shape index (κ2) is 8.24. The molecule has 0 spiro atoms. The van der Waals surface area contributed by atoms with Gasteiger partial charge in [0.25, 0.3) is 0 Å². The van der Waals surface area contributed by atoms with Gasteiger partial charge >= 0.3 is 5.97 Å². The Balaban J connectivity index is 1.99. The third kappa shape index (κ3) is 3.96. The van der Waals surface area contributed by atoms with Gasteiger partial charge in [0.15, 0.2) is 0 Å². The minimum absolute atomic E-state index is 0.226. The molecule has 1 heterocycles. The van der Waals surface area contributed by atoms with E-state index in [4.69, 9.17) is 5.11 Å². The molecule has 1 saturated carbocycles. The second-order valence-corrected chi connectivity index (χ2v) is 7.87. The number of benzene rings is 1. The minimum Gasteiger partial charge on any atom is -0.481 e. The Morgan fingerprint density at radius 1 is 1.37 bits per heavy atom. The predicted molar refractivity (Wildman–Crippen MR) is 108 cm³/mol. The van der Waals surface area contributed by atoms with Gasteiger partial charge < -0.3 is 5.11 Å². The van der Waals surface area contributed by atoms with Crippen LogP contribution in [0.4, 0.5) is 0 Å². The van der Waals surface area contributed by atoms with Gasteiger partial charge in [-0.15, -0.1) is 11.8 Å². The molecule has 0 aliphatic heterocycles. The predicted octanol–water partition coefficient (Wildman–Crippen LogP) is 5.08. The number of nitrogens with zero attached hydrogens (tertiary/aromatic N) is 2. The van der Waals surface area contributed by atoms with Gasteiger partial charge in [0.05, 0.1) is 17.6 Å². The van der Waals surface area contributed by atoms with Crippen molar-refractivity contribution in [3.8, 4) is 17.2 Å². The standard InChI is InChI=1S/C22H20N2O2S/c1-3-4-5-18-14(2)15(12-23)6-7-19(18)20-13-24-9-8-21(20)27-17-10-16(11-17)22(25)26/h3-9,13,16-17H,1,10-11H2,2H3,(H,25,26)/b5-4-. The lowest BCUT2D eigenvalue weighted by Crippen LogP contribution is -2.32. The monoisotopic (exact) mass is 376 g/mol. The van der Waals surface area contributed by atoms with Crippen molar-refractivity contribution in [1.29, 1.82) is 5.26 Å². The Morgan fingerprint density at radius 2 is 2.15 bits per heavy atom. The van der Waals surface area contributed by atoms with Crippen molar-refractivity contribution in [3.05, 3.63) is 66.0 Å². The fraction of sp³-hybridized carbons (Fsp3) is 0.227. The minimum atomic E-state index is -0.707. The van der Waals surface area contributed by atoms with Crippen molar-refractivity contribution in [3.63, 3.8) is 0 Å². The third-order valence-corrected chi connectivity index (χ3v) is 6.17. The number of allylic oxidation sites excluding steroid dienone is 2. The number of hydrogen-bond acceptors (Lipinski definition) is 4. The molecule has 1 aromatic heterocycles. The average Bonchev–Trinajstić information content (AvgIpc) is 2.63. The van der Waals surface area contributed by atoms with E-state index in [0.717, 1.165) is 27.1 Å². The summed E-state index contributed by atoms with van der Waals surface area (Å²) < 4.78 is 0. The average molecular weight is 376 g/mol. The highest BCUT2D eigenvalue weighted by Gasteiger charge is 2.35.